The normalized spacial score (nSPS) is 19.1. The van der Waals surface area contributed by atoms with Gasteiger partial charge in [-0.2, -0.15) is 4.37 Å². The van der Waals surface area contributed by atoms with Crippen LogP contribution in [-0.2, 0) is 11.2 Å². The van der Waals surface area contributed by atoms with Crippen LogP contribution in [0, 0.1) is 5.92 Å². The summed E-state index contributed by atoms with van der Waals surface area (Å²) in [6, 6.07) is 23.3. The van der Waals surface area contributed by atoms with Crippen molar-refractivity contribution in [3.63, 3.8) is 0 Å². The van der Waals surface area contributed by atoms with Gasteiger partial charge in [0, 0.05) is 22.1 Å². The highest BCUT2D eigenvalue weighted by atomic mass is 32.2. The van der Waals surface area contributed by atoms with Gasteiger partial charge in [0.2, 0.25) is 5.91 Å². The number of amides is 1. The summed E-state index contributed by atoms with van der Waals surface area (Å²) in [7, 11) is 0. The summed E-state index contributed by atoms with van der Waals surface area (Å²) in [6.07, 6.45) is 5.00. The predicted octanol–water partition coefficient (Wildman–Crippen LogP) is 7.05. The second-order valence-electron chi connectivity index (χ2n) is 9.86. The Labute approximate surface area is 235 Å². The quantitative estimate of drug-likeness (QED) is 0.258. The van der Waals surface area contributed by atoms with E-state index in [0.717, 1.165) is 28.8 Å². The van der Waals surface area contributed by atoms with Gasteiger partial charge in [0.1, 0.15) is 0 Å². The minimum atomic E-state index is -0.970. The number of aromatic nitrogens is 1. The van der Waals surface area contributed by atoms with E-state index in [-0.39, 0.29) is 28.7 Å². The van der Waals surface area contributed by atoms with Crippen molar-refractivity contribution in [3.05, 3.63) is 129 Å². The van der Waals surface area contributed by atoms with Crippen LogP contribution in [0.5, 0.6) is 0 Å². The minimum absolute atomic E-state index is 0.0366. The second kappa shape index (κ2) is 10.7. The van der Waals surface area contributed by atoms with E-state index in [9.17, 15) is 14.7 Å². The fraction of sp³-hybridized carbons (Fsp3) is 0.156. The Hall–Kier alpha value is -3.94. The number of allylic oxidation sites excluding steroid dienone is 3. The summed E-state index contributed by atoms with van der Waals surface area (Å²) in [4.78, 5) is 25.1. The lowest BCUT2D eigenvalue weighted by atomic mass is 9.80. The molecule has 4 aromatic rings. The van der Waals surface area contributed by atoms with Crippen LogP contribution in [0.1, 0.15) is 40.1 Å². The van der Waals surface area contributed by atoms with E-state index in [0.29, 0.717) is 0 Å². The first kappa shape index (κ1) is 25.3. The van der Waals surface area contributed by atoms with E-state index < -0.39 is 5.97 Å². The third-order valence-electron chi connectivity index (χ3n) is 7.32. The van der Waals surface area contributed by atoms with Crippen molar-refractivity contribution in [2.75, 3.05) is 0 Å². The van der Waals surface area contributed by atoms with Gasteiger partial charge in [-0.3, -0.25) is 4.79 Å². The molecule has 2 aliphatic rings. The molecule has 7 heteroatoms. The number of rotatable bonds is 7. The number of carbonyl (C=O) groups excluding carboxylic acids is 1. The van der Waals surface area contributed by atoms with E-state index in [1.54, 1.807) is 36.0 Å². The molecule has 1 aliphatic heterocycles. The molecule has 2 N–H and O–H groups in total. The van der Waals surface area contributed by atoms with Gasteiger partial charge in [-0.25, -0.2) is 4.79 Å². The number of aromatic carboxylic acids is 1. The van der Waals surface area contributed by atoms with Crippen LogP contribution in [0.4, 0.5) is 0 Å². The number of nitrogens with one attached hydrogen (secondary N) is 1. The van der Waals surface area contributed by atoms with Crippen molar-refractivity contribution in [3.8, 4) is 0 Å². The van der Waals surface area contributed by atoms with Crippen LogP contribution in [0.15, 0.2) is 107 Å². The fourth-order valence-electron chi connectivity index (χ4n) is 5.26. The molecule has 2 heterocycles. The topological polar surface area (TPSA) is 79.3 Å². The Bertz CT molecular complexity index is 1650. The lowest BCUT2D eigenvalue weighted by molar-refractivity contribution is -0.118. The van der Waals surface area contributed by atoms with Gasteiger partial charge in [-0.1, -0.05) is 66.2 Å². The summed E-state index contributed by atoms with van der Waals surface area (Å²) >= 11 is 3.16. The van der Waals surface area contributed by atoms with Gasteiger partial charge in [-0.05, 0) is 82.0 Å². The molecule has 1 aliphatic carbocycles. The van der Waals surface area contributed by atoms with Gasteiger partial charge in [0.25, 0.3) is 0 Å². The van der Waals surface area contributed by atoms with Crippen molar-refractivity contribution in [2.45, 2.75) is 24.6 Å². The first-order valence-electron chi connectivity index (χ1n) is 12.8. The molecule has 0 bridgehead atoms. The maximum Gasteiger partial charge on any atom is 0.335 e. The van der Waals surface area contributed by atoms with Crippen LogP contribution in [0.3, 0.4) is 0 Å². The van der Waals surface area contributed by atoms with Crippen LogP contribution >= 0.6 is 23.3 Å². The van der Waals surface area contributed by atoms with Crippen molar-refractivity contribution in [1.29, 1.82) is 0 Å². The zero-order valence-corrected chi connectivity index (χ0v) is 22.8. The molecule has 0 saturated carbocycles. The predicted molar refractivity (Wildman–Crippen MR) is 159 cm³/mol. The maximum atomic E-state index is 13.8. The minimum Gasteiger partial charge on any atom is -0.478 e. The summed E-state index contributed by atoms with van der Waals surface area (Å²) in [5, 5.41) is 19.1. The number of thioether (sulfide) groups is 1. The van der Waals surface area contributed by atoms with E-state index in [1.807, 2.05) is 30.5 Å². The van der Waals surface area contributed by atoms with Crippen LogP contribution in [0.2, 0.25) is 0 Å². The van der Waals surface area contributed by atoms with Crippen LogP contribution in [-0.4, -0.2) is 26.6 Å². The maximum absolute atomic E-state index is 13.8. The summed E-state index contributed by atoms with van der Waals surface area (Å²) in [5.74, 6) is -1.12. The van der Waals surface area contributed by atoms with Gasteiger partial charge < -0.3 is 10.4 Å². The van der Waals surface area contributed by atoms with Gasteiger partial charge in [-0.15, -0.1) is 11.8 Å². The fourth-order valence-corrected chi connectivity index (χ4v) is 7.06. The smallest absolute Gasteiger partial charge is 0.335 e. The molecule has 1 aromatic heterocycles. The second-order valence-corrected chi connectivity index (χ2v) is 11.6. The highest BCUT2D eigenvalue weighted by molar-refractivity contribution is 8.03. The van der Waals surface area contributed by atoms with Gasteiger partial charge in [0.15, 0.2) is 0 Å². The van der Waals surface area contributed by atoms with E-state index >= 15 is 0 Å². The molecular weight excluding hydrogens is 524 g/mol. The van der Waals surface area contributed by atoms with Crippen LogP contribution < -0.4 is 5.32 Å². The van der Waals surface area contributed by atoms with Crippen molar-refractivity contribution in [1.82, 2.24) is 9.69 Å². The molecule has 3 aromatic carbocycles. The average molecular weight is 551 g/mol. The summed E-state index contributed by atoms with van der Waals surface area (Å²) in [6.45, 7) is 1.92. The molecule has 3 atom stereocenters. The van der Waals surface area contributed by atoms with E-state index in [1.165, 1.54) is 33.4 Å². The van der Waals surface area contributed by atoms with Gasteiger partial charge >= 0.3 is 5.97 Å². The monoisotopic (exact) mass is 550 g/mol. The molecule has 0 fully saturated rings. The number of carboxylic acids is 1. The lowest BCUT2D eigenvalue weighted by Gasteiger charge is -2.28. The Morgan fingerprint density at radius 3 is 2.56 bits per heavy atom. The Balaban J connectivity index is 1.28. The lowest BCUT2D eigenvalue weighted by Crippen LogP contribution is -2.34. The number of nitrogens with zero attached hydrogens (tertiary/aromatic N) is 1. The highest BCUT2D eigenvalue weighted by Crippen LogP contribution is 2.47. The van der Waals surface area contributed by atoms with E-state index in [2.05, 4.69) is 57.6 Å². The van der Waals surface area contributed by atoms with Crippen LogP contribution in [0.25, 0.3) is 16.3 Å². The number of hydrogen-bond acceptors (Lipinski definition) is 5. The Morgan fingerprint density at radius 1 is 1.03 bits per heavy atom. The third kappa shape index (κ3) is 5.20. The molecule has 5 nitrogen and oxygen atoms in total. The standard InChI is InChI=1S/C32H26N2O3S2/c1-19(21-8-10-23(11-9-21)32(36)37)33-31(35)27-16-25(28-12-13-39-34-28)17-29-30(27)26(18-38-29)15-20-6-7-22-4-2-3-5-24(22)14-20/h2-14,16-19,29-30H,15H2,1H3,(H,33,35)(H,36,37)/t19-,29?,30?/m0/s1. The molecule has 2 unspecified atom stereocenters. The molecule has 1 amide bonds. The third-order valence-corrected chi connectivity index (χ3v) is 9.04. The SMILES string of the molecule is C[C@H](NC(=O)C1=CC(c2ccsn2)=CC2SC=C(Cc3ccc4ccccc4c3)C12)c1ccc(C(=O)O)cc1. The van der Waals surface area contributed by atoms with E-state index in [4.69, 9.17) is 0 Å². The number of carboxylic acid groups (broad SMARTS) is 1. The Morgan fingerprint density at radius 2 is 1.82 bits per heavy atom. The number of hydrogen-bond donors (Lipinski definition) is 2. The summed E-state index contributed by atoms with van der Waals surface area (Å²) in [5.41, 5.74) is 6.11. The zero-order chi connectivity index (χ0) is 26.9. The van der Waals surface area contributed by atoms with Crippen molar-refractivity contribution in [2.24, 2.45) is 5.92 Å². The molecule has 6 rings (SSSR count). The molecule has 194 valence electrons. The number of benzene rings is 3. The molecule has 0 spiro atoms. The Kier molecular flexibility index (Phi) is 6.94. The molecule has 39 heavy (non-hydrogen) atoms. The van der Waals surface area contributed by atoms with Crippen molar-refractivity contribution >= 4 is 51.5 Å². The number of fused-ring (bicyclic) bond motifs is 2. The summed E-state index contributed by atoms with van der Waals surface area (Å²) < 4.78 is 4.52. The zero-order valence-electron chi connectivity index (χ0n) is 21.2. The largest absolute Gasteiger partial charge is 0.478 e. The molecular formula is C32H26N2O3S2. The molecule has 0 radical (unpaired) electrons. The number of carbonyl (C=O) groups is 2. The average Bonchev–Trinajstić information content (AvgIpc) is 3.63. The first-order valence-corrected chi connectivity index (χ1v) is 14.5. The molecule has 0 saturated heterocycles. The van der Waals surface area contributed by atoms with Gasteiger partial charge in [0.05, 0.1) is 17.3 Å². The highest BCUT2D eigenvalue weighted by Gasteiger charge is 2.38. The first-order chi connectivity index (χ1) is 19.0. The van der Waals surface area contributed by atoms with Crippen molar-refractivity contribution < 1.29 is 14.7 Å².